The lowest BCUT2D eigenvalue weighted by Crippen LogP contribution is -2.23. The molecule has 1 aliphatic rings. The summed E-state index contributed by atoms with van der Waals surface area (Å²) in [5, 5.41) is 9.52. The van der Waals surface area contributed by atoms with Gasteiger partial charge in [0.15, 0.2) is 0 Å². The van der Waals surface area contributed by atoms with Gasteiger partial charge in [0.1, 0.15) is 0 Å². The summed E-state index contributed by atoms with van der Waals surface area (Å²) in [6.45, 7) is -4.96. The molecule has 0 aliphatic carbocycles. The predicted octanol–water partition coefficient (Wildman–Crippen LogP) is 2.54. The summed E-state index contributed by atoms with van der Waals surface area (Å²) in [7, 11) is 1.77. The van der Waals surface area contributed by atoms with E-state index in [1.54, 1.807) is 36.1 Å². The Labute approximate surface area is 160 Å². The number of aromatic nitrogens is 3. The number of hydrogen-bond donors (Lipinski definition) is 2. The van der Waals surface area contributed by atoms with Crippen molar-refractivity contribution in [2.75, 3.05) is 24.2 Å². The Bertz CT molecular complexity index is 1190. The molecule has 3 heterocycles. The quantitative estimate of drug-likeness (QED) is 0.756. The van der Waals surface area contributed by atoms with Gasteiger partial charge in [-0.2, -0.15) is 5.10 Å². The molecule has 0 spiro atoms. The molecule has 26 heavy (non-hydrogen) atoms. The van der Waals surface area contributed by atoms with Gasteiger partial charge in [-0.3, -0.25) is 14.5 Å². The molecule has 0 atom stereocenters. The van der Waals surface area contributed by atoms with Gasteiger partial charge in [-0.15, -0.1) is 0 Å². The molecule has 2 aromatic heterocycles. The fraction of sp³-hybridized carbons (Fsp3) is 0.211. The second-order valence-electron chi connectivity index (χ2n) is 5.96. The van der Waals surface area contributed by atoms with Crippen molar-refractivity contribution in [3.63, 3.8) is 0 Å². The Kier molecular flexibility index (Phi) is 2.52. The second kappa shape index (κ2) is 6.18. The van der Waals surface area contributed by atoms with Gasteiger partial charge >= 0.3 is 0 Å². The first-order valence-corrected chi connectivity index (χ1v) is 7.91. The SMILES string of the molecule is [2H]C([2H])([2H])NC(=O)c1cnccc1Nc1cccc2c1N(C([2H])([2H])[2H])Cc1cn(C)nc1-2. The maximum Gasteiger partial charge on any atom is 0.254 e. The van der Waals surface area contributed by atoms with E-state index in [1.165, 1.54) is 23.4 Å². The van der Waals surface area contributed by atoms with E-state index in [-0.39, 0.29) is 17.8 Å². The molecule has 4 rings (SSSR count). The summed E-state index contributed by atoms with van der Waals surface area (Å²) in [6.07, 6.45) is 4.48. The van der Waals surface area contributed by atoms with E-state index in [0.717, 1.165) is 5.56 Å². The Hall–Kier alpha value is -3.35. The zero-order valence-electron chi connectivity index (χ0n) is 19.9. The molecule has 0 saturated carbocycles. The number of pyridine rings is 1. The van der Waals surface area contributed by atoms with E-state index < -0.39 is 19.9 Å². The van der Waals surface area contributed by atoms with Crippen molar-refractivity contribution < 1.29 is 13.0 Å². The molecular formula is C19H20N6O. The van der Waals surface area contributed by atoms with Gasteiger partial charge in [-0.05, 0) is 12.1 Å². The number of rotatable bonds is 3. The average molecular weight is 354 g/mol. The number of nitrogens with one attached hydrogen (secondary N) is 2. The van der Waals surface area contributed by atoms with E-state index in [4.69, 9.17) is 8.22 Å². The van der Waals surface area contributed by atoms with Gasteiger partial charge in [-0.25, -0.2) is 0 Å². The maximum atomic E-state index is 12.5. The molecule has 0 radical (unpaired) electrons. The molecule has 0 bridgehead atoms. The van der Waals surface area contributed by atoms with Gasteiger partial charge < -0.3 is 15.5 Å². The minimum atomic E-state index is -2.66. The smallest absolute Gasteiger partial charge is 0.254 e. The fourth-order valence-corrected chi connectivity index (χ4v) is 3.15. The van der Waals surface area contributed by atoms with E-state index >= 15 is 0 Å². The molecule has 0 fully saturated rings. The lowest BCUT2D eigenvalue weighted by Gasteiger charge is -2.29. The molecule has 132 valence electrons. The number of fused-ring (bicyclic) bond motifs is 3. The molecule has 1 aromatic carbocycles. The Balaban J connectivity index is 1.81. The first-order valence-electron chi connectivity index (χ1n) is 10.9. The number of para-hydroxylation sites is 1. The molecule has 1 amide bonds. The first kappa shape index (κ1) is 10.6. The predicted molar refractivity (Wildman–Crippen MR) is 102 cm³/mol. The summed E-state index contributed by atoms with van der Waals surface area (Å²) < 4.78 is 47.6. The number of anilines is 3. The van der Waals surface area contributed by atoms with E-state index in [2.05, 4.69) is 15.4 Å². The highest BCUT2D eigenvalue weighted by molar-refractivity contribution is 6.01. The van der Waals surface area contributed by atoms with Gasteiger partial charge in [0.2, 0.25) is 0 Å². The topological polar surface area (TPSA) is 75.1 Å². The minimum Gasteiger partial charge on any atom is -0.368 e. The highest BCUT2D eigenvalue weighted by atomic mass is 16.1. The van der Waals surface area contributed by atoms with Crippen LogP contribution in [0.15, 0.2) is 42.9 Å². The number of benzene rings is 1. The lowest BCUT2D eigenvalue weighted by atomic mass is 9.99. The Morgan fingerprint density at radius 3 is 3.08 bits per heavy atom. The van der Waals surface area contributed by atoms with Crippen LogP contribution in [0.1, 0.15) is 24.1 Å². The number of carbonyl (C=O) groups is 1. The van der Waals surface area contributed by atoms with Crippen molar-refractivity contribution in [2.45, 2.75) is 6.54 Å². The zero-order chi connectivity index (χ0) is 23.3. The summed E-state index contributed by atoms with van der Waals surface area (Å²) >= 11 is 0. The van der Waals surface area contributed by atoms with E-state index in [9.17, 15) is 4.79 Å². The number of aryl methyl sites for hydroxylation is 1. The summed E-state index contributed by atoms with van der Waals surface area (Å²) in [4.78, 5) is 17.7. The van der Waals surface area contributed by atoms with Crippen LogP contribution in [0, 0.1) is 0 Å². The number of nitrogens with zero attached hydrogens (tertiary/aromatic N) is 4. The lowest BCUT2D eigenvalue weighted by molar-refractivity contribution is 0.0963. The second-order valence-corrected chi connectivity index (χ2v) is 5.96. The van der Waals surface area contributed by atoms with Crippen LogP contribution >= 0.6 is 0 Å². The van der Waals surface area contributed by atoms with Crippen LogP contribution in [0.3, 0.4) is 0 Å². The monoisotopic (exact) mass is 354 g/mol. The van der Waals surface area contributed by atoms with Crippen LogP contribution in [-0.4, -0.2) is 34.6 Å². The molecule has 1 aliphatic heterocycles. The van der Waals surface area contributed by atoms with Crippen molar-refractivity contribution in [3.8, 4) is 11.3 Å². The normalized spacial score (nSPS) is 16.7. The number of amides is 1. The highest BCUT2D eigenvalue weighted by Gasteiger charge is 2.25. The van der Waals surface area contributed by atoms with E-state index in [1.807, 2.05) is 5.32 Å². The van der Waals surface area contributed by atoms with Crippen LogP contribution in [0.25, 0.3) is 11.3 Å². The van der Waals surface area contributed by atoms with Crippen molar-refractivity contribution in [1.82, 2.24) is 20.1 Å². The Morgan fingerprint density at radius 2 is 2.23 bits per heavy atom. The van der Waals surface area contributed by atoms with Crippen LogP contribution in [0.4, 0.5) is 17.1 Å². The molecule has 3 aromatic rings. The van der Waals surface area contributed by atoms with Crippen LogP contribution < -0.4 is 15.5 Å². The third kappa shape index (κ3) is 2.57. The number of carbonyl (C=O) groups excluding carboxylic acids is 1. The van der Waals surface area contributed by atoms with Crippen molar-refractivity contribution in [1.29, 1.82) is 0 Å². The first-order chi connectivity index (χ1) is 14.9. The molecule has 2 N–H and O–H groups in total. The standard InChI is InChI=1S/C19H20N6O/c1-20-19(26)14-9-21-8-7-15(14)22-16-6-4-5-13-17-12(11-25(3)23-17)10-24(2)18(13)16/h4-9,11H,10H2,1-3H3,(H,20,26)(H,21,22)/i1D3,2D3. The highest BCUT2D eigenvalue weighted by Crippen LogP contribution is 2.43. The third-order valence-corrected chi connectivity index (χ3v) is 4.24. The molecule has 7 heteroatoms. The van der Waals surface area contributed by atoms with Crippen LogP contribution in [0.2, 0.25) is 0 Å². The molecule has 0 unspecified atom stereocenters. The fourth-order valence-electron chi connectivity index (χ4n) is 3.15. The largest absolute Gasteiger partial charge is 0.368 e. The summed E-state index contributed by atoms with van der Waals surface area (Å²) in [5.41, 5.74) is 3.25. The Morgan fingerprint density at radius 1 is 1.31 bits per heavy atom. The third-order valence-electron chi connectivity index (χ3n) is 4.24. The molecular weight excluding hydrogens is 328 g/mol. The van der Waals surface area contributed by atoms with E-state index in [0.29, 0.717) is 22.6 Å². The van der Waals surface area contributed by atoms with Gasteiger partial charge in [-0.1, -0.05) is 12.1 Å². The van der Waals surface area contributed by atoms with Crippen molar-refractivity contribution in [3.05, 3.63) is 54.0 Å². The molecule has 0 saturated heterocycles. The van der Waals surface area contributed by atoms with Crippen molar-refractivity contribution >= 4 is 23.0 Å². The van der Waals surface area contributed by atoms with Crippen molar-refractivity contribution in [2.24, 2.45) is 7.05 Å². The summed E-state index contributed by atoms with van der Waals surface area (Å²) in [6, 6.07) is 6.75. The molecule has 7 nitrogen and oxygen atoms in total. The maximum absolute atomic E-state index is 12.5. The van der Waals surface area contributed by atoms with Gasteiger partial charge in [0.25, 0.3) is 5.91 Å². The zero-order valence-corrected chi connectivity index (χ0v) is 13.9. The summed E-state index contributed by atoms with van der Waals surface area (Å²) in [5.74, 6) is -0.829. The average Bonchev–Trinajstić information content (AvgIpc) is 3.06. The van der Waals surface area contributed by atoms with Gasteiger partial charge in [0.05, 0.1) is 28.3 Å². The van der Waals surface area contributed by atoms with Crippen LogP contribution in [0.5, 0.6) is 0 Å². The number of hydrogen-bond acceptors (Lipinski definition) is 5. The van der Waals surface area contributed by atoms with Gasteiger partial charge in [0, 0.05) is 65.5 Å². The minimum absolute atomic E-state index is 0.0102. The van der Waals surface area contributed by atoms with Crippen LogP contribution in [-0.2, 0) is 13.6 Å².